The van der Waals surface area contributed by atoms with E-state index in [4.69, 9.17) is 4.74 Å². The van der Waals surface area contributed by atoms with Crippen LogP contribution in [-0.2, 0) is 14.3 Å². The summed E-state index contributed by atoms with van der Waals surface area (Å²) in [5.41, 5.74) is 2.00. The molecule has 4 atom stereocenters. The zero-order valence-electron chi connectivity index (χ0n) is 15.3. The third-order valence-electron chi connectivity index (χ3n) is 6.05. The van der Waals surface area contributed by atoms with Crippen molar-refractivity contribution in [2.24, 2.45) is 17.8 Å². The first-order valence-electron chi connectivity index (χ1n) is 9.60. The molecule has 0 aromatic heterocycles. The molecule has 2 aliphatic carbocycles. The van der Waals surface area contributed by atoms with Gasteiger partial charge in [0, 0.05) is 12.1 Å². The Balaban J connectivity index is 1.39. The highest BCUT2D eigenvalue weighted by molar-refractivity contribution is 5.92. The van der Waals surface area contributed by atoms with Gasteiger partial charge in [-0.05, 0) is 67.1 Å². The molecular weight excluding hydrogens is 314 g/mol. The molecule has 25 heavy (non-hydrogen) atoms. The fourth-order valence-electron chi connectivity index (χ4n) is 4.37. The summed E-state index contributed by atoms with van der Waals surface area (Å²) in [5.74, 6) is 2.00. The molecule has 0 saturated heterocycles. The molecule has 1 aromatic rings. The maximum absolute atomic E-state index is 12.0. The summed E-state index contributed by atoms with van der Waals surface area (Å²) in [7, 11) is 0. The van der Waals surface area contributed by atoms with Crippen LogP contribution in [0.1, 0.15) is 63.9 Å². The average molecular weight is 343 g/mol. The van der Waals surface area contributed by atoms with Crippen LogP contribution in [0.3, 0.4) is 0 Å². The van der Waals surface area contributed by atoms with E-state index in [9.17, 15) is 9.59 Å². The molecular formula is C21H29NO3. The second-order valence-corrected chi connectivity index (χ2v) is 7.78. The molecule has 1 N–H and O–H groups in total. The fraction of sp³-hybridized carbons (Fsp3) is 0.619. The molecule has 4 unspecified atom stereocenters. The molecule has 1 amide bonds. The van der Waals surface area contributed by atoms with E-state index in [1.165, 1.54) is 24.8 Å². The summed E-state index contributed by atoms with van der Waals surface area (Å²) in [6, 6.07) is 7.86. The first-order chi connectivity index (χ1) is 12.0. The van der Waals surface area contributed by atoms with Crippen molar-refractivity contribution in [2.45, 2.75) is 58.3 Å². The van der Waals surface area contributed by atoms with Gasteiger partial charge in [-0.1, -0.05) is 32.4 Å². The Labute approximate surface area is 150 Å². The van der Waals surface area contributed by atoms with Crippen LogP contribution in [0.15, 0.2) is 24.3 Å². The second kappa shape index (κ2) is 8.03. The molecule has 2 fully saturated rings. The first-order valence-corrected chi connectivity index (χ1v) is 9.60. The number of hydrogen-bond donors (Lipinski definition) is 1. The number of esters is 1. The van der Waals surface area contributed by atoms with Crippen LogP contribution in [0, 0.1) is 17.8 Å². The summed E-state index contributed by atoms with van der Waals surface area (Å²) in [6.45, 7) is 4.14. The summed E-state index contributed by atoms with van der Waals surface area (Å²) < 4.78 is 5.17. The first kappa shape index (κ1) is 18.0. The Morgan fingerprint density at radius 2 is 1.96 bits per heavy atom. The summed E-state index contributed by atoms with van der Waals surface area (Å²) in [6.07, 6.45) is 6.59. The average Bonchev–Trinajstić information content (AvgIpc) is 3.23. The Kier molecular flexibility index (Phi) is 5.77. The fourth-order valence-corrected chi connectivity index (χ4v) is 4.37. The minimum absolute atomic E-state index is 0.202. The van der Waals surface area contributed by atoms with Crippen molar-refractivity contribution in [1.82, 2.24) is 0 Å². The maximum Gasteiger partial charge on any atom is 0.306 e. The molecule has 0 radical (unpaired) electrons. The molecule has 2 aliphatic rings. The largest absolute Gasteiger partial charge is 0.456 e. The zero-order valence-corrected chi connectivity index (χ0v) is 15.3. The Bertz CT molecular complexity index is 610. The van der Waals surface area contributed by atoms with Gasteiger partial charge in [0.15, 0.2) is 6.61 Å². The lowest BCUT2D eigenvalue weighted by Gasteiger charge is -2.20. The molecule has 2 saturated carbocycles. The van der Waals surface area contributed by atoms with Crippen LogP contribution in [-0.4, -0.2) is 18.5 Å². The van der Waals surface area contributed by atoms with Crippen LogP contribution in [0.4, 0.5) is 5.69 Å². The highest BCUT2D eigenvalue weighted by atomic mass is 16.5. The number of benzene rings is 1. The highest BCUT2D eigenvalue weighted by Crippen LogP contribution is 2.49. The molecule has 0 aliphatic heterocycles. The van der Waals surface area contributed by atoms with E-state index >= 15 is 0 Å². The van der Waals surface area contributed by atoms with E-state index in [1.807, 2.05) is 24.3 Å². The zero-order chi connectivity index (χ0) is 17.8. The van der Waals surface area contributed by atoms with Crippen molar-refractivity contribution in [2.75, 3.05) is 11.9 Å². The van der Waals surface area contributed by atoms with Crippen molar-refractivity contribution in [1.29, 1.82) is 0 Å². The van der Waals surface area contributed by atoms with Gasteiger partial charge in [0.05, 0.1) is 0 Å². The molecule has 4 nitrogen and oxygen atoms in total. The van der Waals surface area contributed by atoms with E-state index in [-0.39, 0.29) is 18.5 Å². The lowest BCUT2D eigenvalue weighted by molar-refractivity contribution is -0.148. The van der Waals surface area contributed by atoms with Crippen LogP contribution in [0.5, 0.6) is 0 Å². The van der Waals surface area contributed by atoms with Gasteiger partial charge in [-0.2, -0.15) is 0 Å². The molecule has 1 aromatic carbocycles. The predicted molar refractivity (Wildman–Crippen MR) is 98.3 cm³/mol. The number of hydrogen-bond acceptors (Lipinski definition) is 3. The number of ether oxygens (including phenoxy) is 1. The van der Waals surface area contributed by atoms with Crippen LogP contribution in [0.2, 0.25) is 0 Å². The van der Waals surface area contributed by atoms with Crippen molar-refractivity contribution >= 4 is 17.6 Å². The maximum atomic E-state index is 12.0. The van der Waals surface area contributed by atoms with E-state index in [2.05, 4.69) is 19.2 Å². The predicted octanol–water partition coefficient (Wildman–Crippen LogP) is 4.51. The lowest BCUT2D eigenvalue weighted by Crippen LogP contribution is -2.23. The quantitative estimate of drug-likeness (QED) is 0.741. The van der Waals surface area contributed by atoms with Crippen molar-refractivity contribution < 1.29 is 14.3 Å². The monoisotopic (exact) mass is 343 g/mol. The number of rotatable bonds is 7. The van der Waals surface area contributed by atoms with Gasteiger partial charge in [0.1, 0.15) is 0 Å². The highest BCUT2D eigenvalue weighted by Gasteiger charge is 2.40. The summed E-state index contributed by atoms with van der Waals surface area (Å²) >= 11 is 0. The minimum Gasteiger partial charge on any atom is -0.456 e. The van der Waals surface area contributed by atoms with Gasteiger partial charge in [-0.25, -0.2) is 0 Å². The van der Waals surface area contributed by atoms with E-state index in [1.54, 1.807) is 0 Å². The second-order valence-electron chi connectivity index (χ2n) is 7.78. The van der Waals surface area contributed by atoms with Gasteiger partial charge in [-0.15, -0.1) is 0 Å². The normalized spacial score (nSPS) is 25.6. The summed E-state index contributed by atoms with van der Waals surface area (Å²) in [4.78, 5) is 24.0. The smallest absolute Gasteiger partial charge is 0.306 e. The van der Waals surface area contributed by atoms with Gasteiger partial charge < -0.3 is 10.1 Å². The Morgan fingerprint density at radius 1 is 1.20 bits per heavy atom. The van der Waals surface area contributed by atoms with Crippen LogP contribution < -0.4 is 5.32 Å². The van der Waals surface area contributed by atoms with Gasteiger partial charge in [0.2, 0.25) is 0 Å². The number of carbonyl (C=O) groups excluding carboxylic acids is 2. The molecule has 4 heteroatoms. The van der Waals surface area contributed by atoms with Crippen LogP contribution >= 0.6 is 0 Å². The lowest BCUT2D eigenvalue weighted by atomic mass is 9.86. The SMILES string of the molecule is CCC(C)c1ccc(NC(=O)COC(=O)CC2CC3CCC2C3)cc1. The van der Waals surface area contributed by atoms with Crippen molar-refractivity contribution in [3.05, 3.63) is 29.8 Å². The number of fused-ring (bicyclic) bond motifs is 2. The van der Waals surface area contributed by atoms with E-state index in [0.29, 0.717) is 24.2 Å². The van der Waals surface area contributed by atoms with Gasteiger partial charge in [-0.3, -0.25) is 9.59 Å². The minimum atomic E-state index is -0.280. The Hall–Kier alpha value is -1.84. The topological polar surface area (TPSA) is 55.4 Å². The molecule has 2 bridgehead atoms. The summed E-state index contributed by atoms with van der Waals surface area (Å²) in [5, 5.41) is 2.79. The molecule has 3 rings (SSSR count). The number of amides is 1. The number of nitrogens with one attached hydrogen (secondary N) is 1. The van der Waals surface area contributed by atoms with E-state index < -0.39 is 0 Å². The van der Waals surface area contributed by atoms with E-state index in [0.717, 1.165) is 24.4 Å². The standard InChI is InChI=1S/C21H29NO3/c1-3-14(2)16-6-8-19(9-7-16)22-20(23)13-25-21(24)12-18-11-15-4-5-17(18)10-15/h6-9,14-15,17-18H,3-5,10-13H2,1-2H3,(H,22,23). The molecule has 0 heterocycles. The third-order valence-corrected chi connectivity index (χ3v) is 6.05. The molecule has 0 spiro atoms. The number of anilines is 1. The van der Waals surface area contributed by atoms with Gasteiger partial charge >= 0.3 is 5.97 Å². The third kappa shape index (κ3) is 4.62. The van der Waals surface area contributed by atoms with Gasteiger partial charge in [0.25, 0.3) is 5.91 Å². The number of carbonyl (C=O) groups is 2. The van der Waals surface area contributed by atoms with Crippen molar-refractivity contribution in [3.8, 4) is 0 Å². The Morgan fingerprint density at radius 3 is 2.56 bits per heavy atom. The molecule has 136 valence electrons. The van der Waals surface area contributed by atoms with Crippen molar-refractivity contribution in [3.63, 3.8) is 0 Å². The van der Waals surface area contributed by atoms with Crippen LogP contribution in [0.25, 0.3) is 0 Å².